The molecule has 2 aromatic rings. The van der Waals surface area contributed by atoms with Crippen LogP contribution in [0.3, 0.4) is 0 Å². The molecule has 0 aliphatic carbocycles. The predicted octanol–water partition coefficient (Wildman–Crippen LogP) is 2.29. The molecule has 162 valence electrons. The number of aromatic nitrogens is 2. The van der Waals surface area contributed by atoms with E-state index in [1.165, 1.54) is 9.80 Å². The Hall–Kier alpha value is -3.29. The number of imide groups is 1. The summed E-state index contributed by atoms with van der Waals surface area (Å²) in [5.41, 5.74) is 2.90. The normalized spacial score (nSPS) is 18.9. The second-order valence-corrected chi connectivity index (χ2v) is 8.62. The molecule has 0 N–H and O–H groups in total. The molecule has 8 nitrogen and oxygen atoms in total. The Morgan fingerprint density at radius 1 is 1.13 bits per heavy atom. The molecule has 0 spiro atoms. The molecule has 2 aliphatic rings. The van der Waals surface area contributed by atoms with E-state index in [1.54, 1.807) is 11.7 Å². The molecule has 0 radical (unpaired) electrons. The van der Waals surface area contributed by atoms with Gasteiger partial charge in [-0.05, 0) is 37.8 Å². The number of amides is 3. The summed E-state index contributed by atoms with van der Waals surface area (Å²) in [6, 6.07) is 10.9. The predicted molar refractivity (Wildman–Crippen MR) is 118 cm³/mol. The second-order valence-electron chi connectivity index (χ2n) is 8.62. The zero-order valence-corrected chi connectivity index (χ0v) is 18.7. The molecule has 4 rings (SSSR count). The van der Waals surface area contributed by atoms with Crippen LogP contribution in [0.25, 0.3) is 0 Å². The molecule has 1 atom stereocenters. The summed E-state index contributed by atoms with van der Waals surface area (Å²) in [6.45, 7) is 9.06. The van der Waals surface area contributed by atoms with Crippen molar-refractivity contribution in [2.24, 2.45) is 10.9 Å². The number of aliphatic imine (C=N–C) groups is 1. The number of benzene rings is 1. The number of carbonyl (C=O) groups excluding carboxylic acids is 2. The van der Waals surface area contributed by atoms with E-state index in [1.807, 2.05) is 54.8 Å². The highest BCUT2D eigenvalue weighted by Gasteiger charge is 2.53. The van der Waals surface area contributed by atoms with E-state index >= 15 is 0 Å². The number of fused-ring (bicyclic) bond motifs is 1. The van der Waals surface area contributed by atoms with Gasteiger partial charge in [-0.15, -0.1) is 9.78 Å². The first-order chi connectivity index (χ1) is 14.8. The Morgan fingerprint density at radius 2 is 1.84 bits per heavy atom. The Labute approximate surface area is 182 Å². The lowest BCUT2D eigenvalue weighted by Gasteiger charge is -2.34. The molecule has 1 unspecified atom stereocenters. The molecule has 1 aromatic carbocycles. The van der Waals surface area contributed by atoms with E-state index in [-0.39, 0.29) is 11.9 Å². The van der Waals surface area contributed by atoms with Crippen LogP contribution < -0.4 is 0 Å². The van der Waals surface area contributed by atoms with Crippen LogP contribution in [0.2, 0.25) is 0 Å². The molecule has 1 saturated heterocycles. The zero-order valence-electron chi connectivity index (χ0n) is 18.7. The largest absolute Gasteiger partial charge is 0.421 e. The smallest absolute Gasteiger partial charge is 0.270 e. The summed E-state index contributed by atoms with van der Waals surface area (Å²) in [7, 11) is 1.69. The van der Waals surface area contributed by atoms with Crippen LogP contribution in [-0.2, 0) is 11.2 Å². The Kier molecular flexibility index (Phi) is 5.47. The van der Waals surface area contributed by atoms with Gasteiger partial charge in [-0.25, -0.2) is 9.37 Å². The average Bonchev–Trinajstić information content (AvgIpc) is 3.26. The van der Waals surface area contributed by atoms with Gasteiger partial charge in [-0.3, -0.25) is 14.6 Å². The van der Waals surface area contributed by atoms with E-state index in [2.05, 4.69) is 18.9 Å². The van der Waals surface area contributed by atoms with Gasteiger partial charge in [0, 0.05) is 13.6 Å². The van der Waals surface area contributed by atoms with Gasteiger partial charge < -0.3 is 0 Å². The summed E-state index contributed by atoms with van der Waals surface area (Å²) in [6.07, 6.45) is 0.615. The minimum absolute atomic E-state index is 0.227. The maximum absolute atomic E-state index is 13.6. The Morgan fingerprint density at radius 3 is 2.45 bits per heavy atom. The lowest BCUT2D eigenvalue weighted by Crippen LogP contribution is -2.63. The first kappa shape index (κ1) is 21.0. The zero-order chi connectivity index (χ0) is 22.3. The molecule has 3 amide bonds. The van der Waals surface area contributed by atoms with Crippen LogP contribution >= 0.6 is 0 Å². The fourth-order valence-corrected chi connectivity index (χ4v) is 4.18. The topological polar surface area (TPSA) is 73.8 Å². The molecular weight excluding hydrogens is 392 g/mol. The van der Waals surface area contributed by atoms with Gasteiger partial charge in [-0.2, -0.15) is 0 Å². The number of hydrogen-bond acceptors (Lipinski definition) is 4. The highest BCUT2D eigenvalue weighted by molar-refractivity contribution is 6.23. The number of hydrogen-bond donors (Lipinski definition) is 0. The van der Waals surface area contributed by atoms with E-state index in [9.17, 15) is 9.59 Å². The lowest BCUT2D eigenvalue weighted by atomic mass is 10.1. The molecule has 0 bridgehead atoms. The van der Waals surface area contributed by atoms with E-state index in [0.29, 0.717) is 37.2 Å². The number of likely N-dealkylation sites (N-methyl/N-ethyl adjacent to an activating group) is 1. The number of aryl methyl sites for hydroxylation is 2. The maximum atomic E-state index is 13.6. The van der Waals surface area contributed by atoms with Gasteiger partial charge in [0.1, 0.15) is 5.69 Å². The van der Waals surface area contributed by atoms with Gasteiger partial charge in [0.05, 0.1) is 12.2 Å². The SMILES string of the molecule is Cc1cc(C)n(C2=[N+](CC(C)C)C3C(=O)N(CCc4ccccc4)C(=O)N(C)C3=N2)n1. The van der Waals surface area contributed by atoms with E-state index < -0.39 is 6.04 Å². The van der Waals surface area contributed by atoms with Crippen molar-refractivity contribution in [1.82, 2.24) is 19.6 Å². The van der Waals surface area contributed by atoms with Gasteiger partial charge >= 0.3 is 12.0 Å². The van der Waals surface area contributed by atoms with Crippen LogP contribution in [0.15, 0.2) is 41.4 Å². The minimum atomic E-state index is -0.625. The van der Waals surface area contributed by atoms with Crippen LogP contribution in [0.1, 0.15) is 30.8 Å². The van der Waals surface area contributed by atoms with Crippen molar-refractivity contribution in [3.63, 3.8) is 0 Å². The quantitative estimate of drug-likeness (QED) is 0.696. The van der Waals surface area contributed by atoms with Crippen molar-refractivity contribution in [2.45, 2.75) is 40.2 Å². The fraction of sp³-hybridized carbons (Fsp3) is 0.435. The highest BCUT2D eigenvalue weighted by Crippen LogP contribution is 2.22. The van der Waals surface area contributed by atoms with Crippen molar-refractivity contribution >= 4 is 23.7 Å². The summed E-state index contributed by atoms with van der Waals surface area (Å²) >= 11 is 0. The lowest BCUT2D eigenvalue weighted by molar-refractivity contribution is -0.543. The van der Waals surface area contributed by atoms with Gasteiger partial charge in [0.25, 0.3) is 5.91 Å². The number of urea groups is 1. The Bertz CT molecular complexity index is 1080. The second kappa shape index (κ2) is 8.09. The molecule has 2 aliphatic heterocycles. The van der Waals surface area contributed by atoms with Crippen molar-refractivity contribution in [3.8, 4) is 0 Å². The molecule has 1 fully saturated rings. The summed E-state index contributed by atoms with van der Waals surface area (Å²) < 4.78 is 3.75. The number of carbonyl (C=O) groups is 2. The summed E-state index contributed by atoms with van der Waals surface area (Å²) in [5, 5.41) is 4.57. The molecule has 8 heteroatoms. The molecule has 3 heterocycles. The van der Waals surface area contributed by atoms with Crippen LogP contribution in [-0.4, -0.2) is 74.1 Å². The minimum Gasteiger partial charge on any atom is -0.270 e. The summed E-state index contributed by atoms with van der Waals surface area (Å²) in [4.78, 5) is 34.2. The van der Waals surface area contributed by atoms with Crippen molar-refractivity contribution in [2.75, 3.05) is 20.1 Å². The molecular formula is C23H29N6O2+. The molecule has 31 heavy (non-hydrogen) atoms. The Balaban J connectivity index is 1.71. The average molecular weight is 422 g/mol. The van der Waals surface area contributed by atoms with Gasteiger partial charge in [0.2, 0.25) is 11.9 Å². The van der Waals surface area contributed by atoms with Crippen LogP contribution in [0.4, 0.5) is 4.79 Å². The van der Waals surface area contributed by atoms with Crippen LogP contribution in [0.5, 0.6) is 0 Å². The number of rotatable bonds is 5. The van der Waals surface area contributed by atoms with Crippen molar-refractivity contribution < 1.29 is 14.2 Å². The van der Waals surface area contributed by atoms with E-state index in [4.69, 9.17) is 4.99 Å². The van der Waals surface area contributed by atoms with Crippen molar-refractivity contribution in [1.29, 1.82) is 0 Å². The van der Waals surface area contributed by atoms with Gasteiger partial charge in [0.15, 0.2) is 0 Å². The first-order valence-electron chi connectivity index (χ1n) is 10.7. The fourth-order valence-electron chi connectivity index (χ4n) is 4.18. The third-order valence-corrected chi connectivity index (χ3v) is 5.62. The van der Waals surface area contributed by atoms with Crippen molar-refractivity contribution in [3.05, 3.63) is 53.3 Å². The van der Waals surface area contributed by atoms with Crippen LogP contribution in [0, 0.1) is 19.8 Å². The first-order valence-corrected chi connectivity index (χ1v) is 10.7. The highest BCUT2D eigenvalue weighted by atomic mass is 16.2. The van der Waals surface area contributed by atoms with E-state index in [0.717, 1.165) is 17.0 Å². The monoisotopic (exact) mass is 421 g/mol. The maximum Gasteiger partial charge on any atom is 0.421 e. The summed E-state index contributed by atoms with van der Waals surface area (Å²) in [5.74, 6) is 1.14. The third-order valence-electron chi connectivity index (χ3n) is 5.62. The standard InChI is InChI=1S/C23H29N6O2/c1-15(2)14-28-19-20(24-22(28)29-17(4)13-16(3)25-29)26(5)23(31)27(21(19)30)12-11-18-9-7-6-8-10-18/h6-10,13,15,19H,11-12,14H2,1-5H3/q+1. The number of nitrogens with zero attached hydrogens (tertiary/aromatic N) is 6. The van der Waals surface area contributed by atoms with Gasteiger partial charge in [-0.1, -0.05) is 49.2 Å². The molecule has 1 aromatic heterocycles. The molecule has 0 saturated carbocycles. The third kappa shape index (κ3) is 3.78. The number of amidine groups is 1.